The molecule has 1 aliphatic carbocycles. The van der Waals surface area contributed by atoms with Gasteiger partial charge >= 0.3 is 0 Å². The van der Waals surface area contributed by atoms with Crippen LogP contribution < -0.4 is 0 Å². The van der Waals surface area contributed by atoms with E-state index in [2.05, 4.69) is 19.9 Å². The maximum Gasteiger partial charge on any atom is 0.0593 e. The standard InChI is InChI=1S/C13H16Cl2/c1-13(2)6-5-9-3-4-10(14)7-11(9)12(15)8-13/h3-4,7,12H,5-6,8H2,1-2H3. The first kappa shape index (κ1) is 11.3. The molecule has 2 rings (SSSR count). The predicted molar refractivity (Wildman–Crippen MR) is 66.8 cm³/mol. The van der Waals surface area contributed by atoms with Crippen molar-refractivity contribution in [3.63, 3.8) is 0 Å². The number of aryl methyl sites for hydroxylation is 1. The molecule has 1 unspecified atom stereocenters. The zero-order valence-corrected chi connectivity index (χ0v) is 10.7. The largest absolute Gasteiger partial charge is 0.118 e. The van der Waals surface area contributed by atoms with Crippen molar-refractivity contribution in [2.75, 3.05) is 0 Å². The molecule has 1 aliphatic rings. The van der Waals surface area contributed by atoms with Gasteiger partial charge in [-0.05, 0) is 47.9 Å². The van der Waals surface area contributed by atoms with E-state index < -0.39 is 0 Å². The van der Waals surface area contributed by atoms with Crippen molar-refractivity contribution >= 4 is 23.2 Å². The highest BCUT2D eigenvalue weighted by atomic mass is 35.5. The predicted octanol–water partition coefficient (Wildman–Crippen LogP) is 4.98. The van der Waals surface area contributed by atoms with Crippen LogP contribution in [-0.4, -0.2) is 0 Å². The van der Waals surface area contributed by atoms with E-state index in [1.807, 2.05) is 12.1 Å². The van der Waals surface area contributed by atoms with Crippen LogP contribution in [0.15, 0.2) is 18.2 Å². The molecule has 0 saturated carbocycles. The van der Waals surface area contributed by atoms with Crippen LogP contribution in [-0.2, 0) is 6.42 Å². The summed E-state index contributed by atoms with van der Waals surface area (Å²) in [5.41, 5.74) is 2.93. The SMILES string of the molecule is CC1(C)CCc2ccc(Cl)cc2C(Cl)C1. The van der Waals surface area contributed by atoms with Crippen LogP contribution in [0.2, 0.25) is 5.02 Å². The molecule has 1 aromatic rings. The van der Waals surface area contributed by atoms with E-state index in [1.165, 1.54) is 17.5 Å². The monoisotopic (exact) mass is 242 g/mol. The second-order valence-corrected chi connectivity index (χ2v) is 6.14. The Labute approximate surface area is 102 Å². The molecule has 0 aliphatic heterocycles. The first-order valence-electron chi connectivity index (χ1n) is 5.40. The Hall–Kier alpha value is -0.200. The second kappa shape index (κ2) is 3.99. The van der Waals surface area contributed by atoms with Gasteiger partial charge in [0.1, 0.15) is 0 Å². The lowest BCUT2D eigenvalue weighted by Crippen LogP contribution is -2.11. The molecule has 1 atom stereocenters. The van der Waals surface area contributed by atoms with Crippen molar-refractivity contribution in [1.82, 2.24) is 0 Å². The molecule has 0 radical (unpaired) electrons. The van der Waals surface area contributed by atoms with Crippen LogP contribution in [0.3, 0.4) is 0 Å². The average molecular weight is 243 g/mol. The summed E-state index contributed by atoms with van der Waals surface area (Å²) < 4.78 is 0. The fourth-order valence-electron chi connectivity index (χ4n) is 2.26. The summed E-state index contributed by atoms with van der Waals surface area (Å²) in [6.45, 7) is 4.58. The lowest BCUT2D eigenvalue weighted by molar-refractivity contribution is 0.313. The minimum atomic E-state index is 0.108. The molecule has 0 nitrogen and oxygen atoms in total. The quantitative estimate of drug-likeness (QED) is 0.445. The number of fused-ring (bicyclic) bond motifs is 1. The summed E-state index contributed by atoms with van der Waals surface area (Å²) in [7, 11) is 0. The van der Waals surface area contributed by atoms with Gasteiger partial charge in [-0.25, -0.2) is 0 Å². The average Bonchev–Trinajstić information content (AvgIpc) is 2.24. The van der Waals surface area contributed by atoms with Crippen LogP contribution >= 0.6 is 23.2 Å². The second-order valence-electron chi connectivity index (χ2n) is 5.18. The summed E-state index contributed by atoms with van der Waals surface area (Å²) >= 11 is 12.5. The molecule has 0 saturated heterocycles. The Bertz CT molecular complexity index is 369. The van der Waals surface area contributed by atoms with Gasteiger partial charge in [-0.1, -0.05) is 31.5 Å². The van der Waals surface area contributed by atoms with Gasteiger partial charge in [0, 0.05) is 5.02 Å². The van der Waals surface area contributed by atoms with E-state index in [4.69, 9.17) is 23.2 Å². The Morgan fingerprint density at radius 2 is 2.07 bits per heavy atom. The van der Waals surface area contributed by atoms with Gasteiger partial charge < -0.3 is 0 Å². The van der Waals surface area contributed by atoms with Gasteiger partial charge in [-0.3, -0.25) is 0 Å². The van der Waals surface area contributed by atoms with Crippen LogP contribution in [0.25, 0.3) is 0 Å². The molecular weight excluding hydrogens is 227 g/mol. The highest BCUT2D eigenvalue weighted by Crippen LogP contribution is 2.42. The maximum absolute atomic E-state index is 6.45. The van der Waals surface area contributed by atoms with Gasteiger partial charge in [0.25, 0.3) is 0 Å². The topological polar surface area (TPSA) is 0 Å². The van der Waals surface area contributed by atoms with Crippen molar-refractivity contribution in [2.45, 2.75) is 38.5 Å². The Morgan fingerprint density at radius 3 is 2.80 bits per heavy atom. The van der Waals surface area contributed by atoms with Crippen molar-refractivity contribution in [1.29, 1.82) is 0 Å². The van der Waals surface area contributed by atoms with E-state index in [0.29, 0.717) is 5.41 Å². The molecule has 0 spiro atoms. The molecule has 1 aromatic carbocycles. The first-order chi connectivity index (χ1) is 6.98. The van der Waals surface area contributed by atoms with Gasteiger partial charge in [0.15, 0.2) is 0 Å². The summed E-state index contributed by atoms with van der Waals surface area (Å²) in [6, 6.07) is 6.10. The number of benzene rings is 1. The van der Waals surface area contributed by atoms with Crippen LogP contribution in [0.1, 0.15) is 43.2 Å². The van der Waals surface area contributed by atoms with E-state index in [9.17, 15) is 0 Å². The van der Waals surface area contributed by atoms with Crippen LogP contribution in [0.4, 0.5) is 0 Å². The first-order valence-corrected chi connectivity index (χ1v) is 6.22. The van der Waals surface area contributed by atoms with E-state index in [1.54, 1.807) is 0 Å². The zero-order chi connectivity index (χ0) is 11.1. The van der Waals surface area contributed by atoms with Gasteiger partial charge in [0.2, 0.25) is 0 Å². The van der Waals surface area contributed by atoms with E-state index >= 15 is 0 Å². The van der Waals surface area contributed by atoms with E-state index in [0.717, 1.165) is 17.9 Å². The van der Waals surface area contributed by atoms with Crippen molar-refractivity contribution < 1.29 is 0 Å². The Morgan fingerprint density at radius 1 is 1.33 bits per heavy atom. The van der Waals surface area contributed by atoms with Crippen LogP contribution in [0.5, 0.6) is 0 Å². The highest BCUT2D eigenvalue weighted by Gasteiger charge is 2.28. The van der Waals surface area contributed by atoms with Crippen LogP contribution in [0, 0.1) is 5.41 Å². The molecule has 0 heterocycles. The van der Waals surface area contributed by atoms with E-state index in [-0.39, 0.29) is 5.38 Å². The molecule has 15 heavy (non-hydrogen) atoms. The highest BCUT2D eigenvalue weighted by molar-refractivity contribution is 6.30. The molecule has 0 amide bonds. The Kier molecular flexibility index (Phi) is 3.00. The lowest BCUT2D eigenvalue weighted by atomic mass is 9.84. The number of hydrogen-bond donors (Lipinski definition) is 0. The molecule has 0 aromatic heterocycles. The van der Waals surface area contributed by atoms with Gasteiger partial charge in [0.05, 0.1) is 5.38 Å². The van der Waals surface area contributed by atoms with Crippen molar-refractivity contribution in [3.05, 3.63) is 34.3 Å². The summed E-state index contributed by atoms with van der Waals surface area (Å²) in [4.78, 5) is 0. The third kappa shape index (κ3) is 2.49. The smallest absolute Gasteiger partial charge is 0.0593 e. The molecular formula is C13H16Cl2. The third-order valence-electron chi connectivity index (χ3n) is 3.25. The molecule has 0 fully saturated rings. The summed E-state index contributed by atoms with van der Waals surface area (Å²) in [5, 5.41) is 0.898. The molecule has 82 valence electrons. The minimum Gasteiger partial charge on any atom is -0.118 e. The summed E-state index contributed by atoms with van der Waals surface area (Å²) in [6.07, 6.45) is 3.34. The normalized spacial score (nSPS) is 24.4. The lowest BCUT2D eigenvalue weighted by Gasteiger charge is -2.23. The molecule has 0 N–H and O–H groups in total. The fraction of sp³-hybridized carbons (Fsp3) is 0.538. The van der Waals surface area contributed by atoms with Crippen molar-refractivity contribution in [2.24, 2.45) is 5.41 Å². The molecule has 0 bridgehead atoms. The number of alkyl halides is 1. The third-order valence-corrected chi connectivity index (χ3v) is 3.87. The number of rotatable bonds is 0. The molecule has 2 heteroatoms. The maximum atomic E-state index is 6.45. The van der Waals surface area contributed by atoms with Gasteiger partial charge in [-0.2, -0.15) is 0 Å². The minimum absolute atomic E-state index is 0.108. The number of hydrogen-bond acceptors (Lipinski definition) is 0. The van der Waals surface area contributed by atoms with Gasteiger partial charge in [-0.15, -0.1) is 11.6 Å². The number of halogens is 2. The fourth-order valence-corrected chi connectivity index (χ4v) is 3.06. The summed E-state index contributed by atoms with van der Waals surface area (Å²) in [5.74, 6) is 0. The zero-order valence-electron chi connectivity index (χ0n) is 9.19. The van der Waals surface area contributed by atoms with Crippen molar-refractivity contribution in [3.8, 4) is 0 Å². The Balaban J connectivity index is 2.40.